The lowest BCUT2D eigenvalue weighted by Gasteiger charge is -1.99. The summed E-state index contributed by atoms with van der Waals surface area (Å²) in [5.74, 6) is 1.17. The Morgan fingerprint density at radius 3 is 3.00 bits per heavy atom. The number of hydrogen-bond donors (Lipinski definition) is 1. The Kier molecular flexibility index (Phi) is 3.36. The van der Waals surface area contributed by atoms with Gasteiger partial charge in [-0.1, -0.05) is 16.8 Å². The third-order valence-corrected chi connectivity index (χ3v) is 2.88. The van der Waals surface area contributed by atoms with Gasteiger partial charge in [0, 0.05) is 10.9 Å². The molecule has 2 rings (SSSR count). The number of rotatable bonds is 3. The topological polar surface area (TPSA) is 64.9 Å². The van der Waals surface area contributed by atoms with Gasteiger partial charge in [0.15, 0.2) is 5.82 Å². The van der Waals surface area contributed by atoms with Gasteiger partial charge in [-0.2, -0.15) is 4.98 Å². The van der Waals surface area contributed by atoms with Gasteiger partial charge >= 0.3 is 0 Å². The number of halogens is 1. The van der Waals surface area contributed by atoms with Crippen molar-refractivity contribution >= 4 is 15.9 Å². The van der Waals surface area contributed by atoms with Crippen LogP contribution < -0.4 is 5.73 Å². The summed E-state index contributed by atoms with van der Waals surface area (Å²) in [6, 6.07) is 5.99. The third kappa shape index (κ3) is 2.31. The fourth-order valence-electron chi connectivity index (χ4n) is 1.40. The summed E-state index contributed by atoms with van der Waals surface area (Å²) >= 11 is 3.46. The summed E-state index contributed by atoms with van der Waals surface area (Å²) in [5, 5.41) is 3.87. The number of aromatic nitrogens is 2. The van der Waals surface area contributed by atoms with Crippen LogP contribution >= 0.6 is 15.9 Å². The molecule has 1 heterocycles. The third-order valence-electron chi connectivity index (χ3n) is 2.19. The minimum absolute atomic E-state index is 0.522. The fourth-order valence-corrected chi connectivity index (χ4v) is 1.81. The lowest BCUT2D eigenvalue weighted by atomic mass is 10.1. The lowest BCUT2D eigenvalue weighted by molar-refractivity contribution is 0.422. The van der Waals surface area contributed by atoms with Crippen LogP contribution in [0.15, 0.2) is 27.2 Å². The summed E-state index contributed by atoms with van der Waals surface area (Å²) in [6.07, 6.45) is 0.632. The van der Waals surface area contributed by atoms with E-state index < -0.39 is 0 Å². The Balaban J connectivity index is 2.38. The summed E-state index contributed by atoms with van der Waals surface area (Å²) in [6.45, 7) is 2.54. The van der Waals surface area contributed by atoms with Gasteiger partial charge in [-0.3, -0.25) is 0 Å². The minimum Gasteiger partial charge on any atom is -0.334 e. The van der Waals surface area contributed by atoms with E-state index in [0.29, 0.717) is 24.7 Å². The maximum Gasteiger partial charge on any atom is 0.259 e. The van der Waals surface area contributed by atoms with Crippen LogP contribution in [0.4, 0.5) is 0 Å². The summed E-state index contributed by atoms with van der Waals surface area (Å²) in [5.41, 5.74) is 7.49. The quantitative estimate of drug-likeness (QED) is 0.938. The van der Waals surface area contributed by atoms with Gasteiger partial charge < -0.3 is 10.3 Å². The molecule has 0 fully saturated rings. The van der Waals surface area contributed by atoms with Crippen LogP contribution in [0.2, 0.25) is 0 Å². The Morgan fingerprint density at radius 2 is 2.25 bits per heavy atom. The van der Waals surface area contributed by atoms with Crippen LogP contribution in [0.1, 0.15) is 11.4 Å². The van der Waals surface area contributed by atoms with Gasteiger partial charge in [0.05, 0.1) is 5.56 Å². The Bertz CT molecular complexity index is 496. The van der Waals surface area contributed by atoms with Gasteiger partial charge in [0.25, 0.3) is 5.89 Å². The Labute approximate surface area is 102 Å². The predicted molar refractivity (Wildman–Crippen MR) is 64.9 cm³/mol. The first-order valence-corrected chi connectivity index (χ1v) is 5.79. The molecule has 0 saturated heterocycles. The second-order valence-electron chi connectivity index (χ2n) is 3.54. The van der Waals surface area contributed by atoms with Gasteiger partial charge in [0.2, 0.25) is 0 Å². The maximum absolute atomic E-state index is 5.43. The number of nitrogens with zero attached hydrogens (tertiary/aromatic N) is 2. The van der Waals surface area contributed by atoms with Crippen molar-refractivity contribution in [3.8, 4) is 11.5 Å². The van der Waals surface area contributed by atoms with Crippen molar-refractivity contribution in [1.29, 1.82) is 0 Å². The smallest absolute Gasteiger partial charge is 0.259 e. The molecule has 4 nitrogen and oxygen atoms in total. The molecule has 84 valence electrons. The number of nitrogens with two attached hydrogens (primary N) is 1. The molecule has 5 heteroatoms. The zero-order chi connectivity index (χ0) is 11.5. The zero-order valence-corrected chi connectivity index (χ0v) is 10.5. The van der Waals surface area contributed by atoms with Gasteiger partial charge in [-0.05, 0) is 41.5 Å². The number of aryl methyl sites for hydroxylation is 1. The molecule has 0 spiro atoms. The normalized spacial score (nSPS) is 10.7. The highest BCUT2D eigenvalue weighted by molar-refractivity contribution is 9.10. The van der Waals surface area contributed by atoms with Crippen molar-refractivity contribution in [3.63, 3.8) is 0 Å². The average molecular weight is 282 g/mol. The molecule has 2 aromatic rings. The van der Waals surface area contributed by atoms with E-state index in [1.54, 1.807) is 0 Å². The molecule has 0 radical (unpaired) electrons. The van der Waals surface area contributed by atoms with Gasteiger partial charge in [-0.25, -0.2) is 0 Å². The number of hydrogen-bond acceptors (Lipinski definition) is 4. The van der Waals surface area contributed by atoms with Crippen molar-refractivity contribution in [3.05, 3.63) is 34.1 Å². The molecule has 0 amide bonds. The Morgan fingerprint density at radius 1 is 1.44 bits per heavy atom. The highest BCUT2D eigenvalue weighted by Crippen LogP contribution is 2.27. The molecule has 0 saturated carbocycles. The second kappa shape index (κ2) is 4.76. The van der Waals surface area contributed by atoms with Crippen molar-refractivity contribution in [2.75, 3.05) is 6.54 Å². The molecule has 0 aliphatic rings. The molecule has 1 aromatic carbocycles. The summed E-state index contributed by atoms with van der Waals surface area (Å²) < 4.78 is 6.14. The zero-order valence-electron chi connectivity index (χ0n) is 8.90. The molecule has 1 aromatic heterocycles. The van der Waals surface area contributed by atoms with Gasteiger partial charge in [0.1, 0.15) is 0 Å². The summed E-state index contributed by atoms with van der Waals surface area (Å²) in [4.78, 5) is 4.28. The molecular formula is C11H12BrN3O. The van der Waals surface area contributed by atoms with Crippen molar-refractivity contribution < 1.29 is 4.52 Å². The molecule has 0 unspecified atom stereocenters. The van der Waals surface area contributed by atoms with Crippen molar-refractivity contribution in [2.45, 2.75) is 13.3 Å². The summed E-state index contributed by atoms with van der Waals surface area (Å²) in [7, 11) is 0. The van der Waals surface area contributed by atoms with E-state index in [-0.39, 0.29) is 0 Å². The van der Waals surface area contributed by atoms with E-state index in [2.05, 4.69) is 26.1 Å². The Hall–Kier alpha value is -1.20. The standard InChI is InChI=1S/C11H12BrN3O/c1-7-2-3-9(12)8(6-7)11-14-10(4-5-13)15-16-11/h2-3,6H,4-5,13H2,1H3. The maximum atomic E-state index is 5.43. The SMILES string of the molecule is Cc1ccc(Br)c(-c2nc(CCN)no2)c1. The van der Waals surface area contributed by atoms with Crippen LogP contribution in [0.3, 0.4) is 0 Å². The van der Waals surface area contributed by atoms with Gasteiger partial charge in [-0.15, -0.1) is 0 Å². The highest BCUT2D eigenvalue weighted by Gasteiger charge is 2.11. The van der Waals surface area contributed by atoms with E-state index in [1.807, 2.05) is 25.1 Å². The monoisotopic (exact) mass is 281 g/mol. The van der Waals surface area contributed by atoms with E-state index in [4.69, 9.17) is 10.3 Å². The highest BCUT2D eigenvalue weighted by atomic mass is 79.9. The fraction of sp³-hybridized carbons (Fsp3) is 0.273. The molecule has 0 aliphatic carbocycles. The molecule has 0 aliphatic heterocycles. The molecule has 0 atom stereocenters. The van der Waals surface area contributed by atoms with Crippen LogP contribution in [-0.4, -0.2) is 16.7 Å². The minimum atomic E-state index is 0.522. The first-order chi connectivity index (χ1) is 7.70. The van der Waals surface area contributed by atoms with Crippen molar-refractivity contribution in [2.24, 2.45) is 5.73 Å². The number of benzene rings is 1. The van der Waals surface area contributed by atoms with Crippen LogP contribution in [0.25, 0.3) is 11.5 Å². The van der Waals surface area contributed by atoms with Crippen LogP contribution in [-0.2, 0) is 6.42 Å². The lowest BCUT2D eigenvalue weighted by Crippen LogP contribution is -2.03. The predicted octanol–water partition coefficient (Wildman–Crippen LogP) is 2.31. The first-order valence-electron chi connectivity index (χ1n) is 5.00. The van der Waals surface area contributed by atoms with E-state index in [0.717, 1.165) is 15.6 Å². The molecular weight excluding hydrogens is 270 g/mol. The van der Waals surface area contributed by atoms with Crippen molar-refractivity contribution in [1.82, 2.24) is 10.1 Å². The van der Waals surface area contributed by atoms with Crippen LogP contribution in [0.5, 0.6) is 0 Å². The first kappa shape index (κ1) is 11.3. The molecule has 0 bridgehead atoms. The van der Waals surface area contributed by atoms with E-state index in [9.17, 15) is 0 Å². The second-order valence-corrected chi connectivity index (χ2v) is 4.39. The molecule has 2 N–H and O–H groups in total. The van der Waals surface area contributed by atoms with Crippen LogP contribution in [0, 0.1) is 6.92 Å². The van der Waals surface area contributed by atoms with E-state index in [1.165, 1.54) is 0 Å². The molecule has 16 heavy (non-hydrogen) atoms. The largest absolute Gasteiger partial charge is 0.334 e. The van der Waals surface area contributed by atoms with E-state index >= 15 is 0 Å². The average Bonchev–Trinajstić information content (AvgIpc) is 2.71.